The molecule has 0 unspecified atom stereocenters. The zero-order valence-electron chi connectivity index (χ0n) is 16.2. The van der Waals surface area contributed by atoms with Crippen molar-refractivity contribution in [2.24, 2.45) is 0 Å². The maximum atomic E-state index is 13.1. The summed E-state index contributed by atoms with van der Waals surface area (Å²) >= 11 is 0. The van der Waals surface area contributed by atoms with E-state index in [9.17, 15) is 19.3 Å². The topological polar surface area (TPSA) is 78.0 Å². The highest BCUT2D eigenvalue weighted by Crippen LogP contribution is 2.28. The third kappa shape index (κ3) is 4.45. The fraction of sp³-hybridized carbons (Fsp3) is 0. The Kier molecular flexibility index (Phi) is 5.49. The molecule has 4 rings (SSSR count). The van der Waals surface area contributed by atoms with Crippen LogP contribution in [0.25, 0.3) is 23.0 Å². The first-order chi connectivity index (χ1) is 15.0. The van der Waals surface area contributed by atoms with E-state index < -0.39 is 10.7 Å². The van der Waals surface area contributed by atoms with Crippen molar-refractivity contribution in [3.05, 3.63) is 118 Å². The van der Waals surface area contributed by atoms with Gasteiger partial charge >= 0.3 is 0 Å². The SMILES string of the molecule is O=C(C=Cc1cn(-c2ccccc2)nc1-c1cccc([N+](=O)[O-])c1)c1ccc(F)cc1. The predicted molar refractivity (Wildman–Crippen MR) is 115 cm³/mol. The lowest BCUT2D eigenvalue weighted by Gasteiger charge is -2.01. The number of para-hydroxylation sites is 1. The second kappa shape index (κ2) is 8.54. The van der Waals surface area contributed by atoms with Crippen molar-refractivity contribution < 1.29 is 14.1 Å². The van der Waals surface area contributed by atoms with Crippen molar-refractivity contribution in [3.63, 3.8) is 0 Å². The lowest BCUT2D eigenvalue weighted by molar-refractivity contribution is -0.384. The molecule has 0 saturated heterocycles. The van der Waals surface area contributed by atoms with E-state index in [0.29, 0.717) is 22.4 Å². The average molecular weight is 413 g/mol. The van der Waals surface area contributed by atoms with E-state index >= 15 is 0 Å². The summed E-state index contributed by atoms with van der Waals surface area (Å²) in [6.07, 6.45) is 4.73. The molecule has 3 aromatic carbocycles. The molecule has 0 N–H and O–H groups in total. The summed E-state index contributed by atoms with van der Waals surface area (Å²) in [4.78, 5) is 23.2. The van der Waals surface area contributed by atoms with Gasteiger partial charge in [0.15, 0.2) is 5.78 Å². The molecule has 31 heavy (non-hydrogen) atoms. The summed E-state index contributed by atoms with van der Waals surface area (Å²) in [6.45, 7) is 0. The Labute approximate surface area is 177 Å². The molecule has 6 nitrogen and oxygen atoms in total. The fourth-order valence-electron chi connectivity index (χ4n) is 3.09. The van der Waals surface area contributed by atoms with E-state index in [1.807, 2.05) is 30.3 Å². The molecule has 4 aromatic rings. The van der Waals surface area contributed by atoms with Crippen molar-refractivity contribution in [2.45, 2.75) is 0 Å². The average Bonchev–Trinajstić information content (AvgIpc) is 3.23. The van der Waals surface area contributed by atoms with E-state index in [2.05, 4.69) is 5.10 Å². The number of nitrogens with zero attached hydrogens (tertiary/aromatic N) is 3. The molecule has 152 valence electrons. The Morgan fingerprint density at radius 1 is 1.00 bits per heavy atom. The van der Waals surface area contributed by atoms with Crippen LogP contribution in [0.4, 0.5) is 10.1 Å². The van der Waals surface area contributed by atoms with Crippen LogP contribution in [0.5, 0.6) is 0 Å². The number of benzene rings is 3. The van der Waals surface area contributed by atoms with Crippen LogP contribution in [0.15, 0.2) is 91.1 Å². The highest BCUT2D eigenvalue weighted by Gasteiger charge is 2.14. The third-order valence-corrected chi connectivity index (χ3v) is 4.64. The lowest BCUT2D eigenvalue weighted by atomic mass is 10.1. The Balaban J connectivity index is 1.76. The molecule has 0 bridgehead atoms. The molecule has 1 heterocycles. The number of halogens is 1. The number of rotatable bonds is 6. The molecule has 0 aliphatic carbocycles. The van der Waals surface area contributed by atoms with Crippen LogP contribution in [-0.4, -0.2) is 20.5 Å². The lowest BCUT2D eigenvalue weighted by Crippen LogP contribution is -1.94. The van der Waals surface area contributed by atoms with Crippen LogP contribution in [0.1, 0.15) is 15.9 Å². The number of non-ortho nitro benzene ring substituents is 1. The number of carbonyl (C=O) groups excluding carboxylic acids is 1. The molecule has 0 radical (unpaired) electrons. The first-order valence-electron chi connectivity index (χ1n) is 9.39. The van der Waals surface area contributed by atoms with Crippen molar-refractivity contribution in [3.8, 4) is 16.9 Å². The van der Waals surface area contributed by atoms with Crippen LogP contribution < -0.4 is 0 Å². The Morgan fingerprint density at radius 3 is 2.45 bits per heavy atom. The summed E-state index contributed by atoms with van der Waals surface area (Å²) in [6, 6.07) is 20.8. The number of nitro groups is 1. The zero-order valence-corrected chi connectivity index (χ0v) is 16.2. The van der Waals surface area contributed by atoms with Crippen molar-refractivity contribution in [2.75, 3.05) is 0 Å². The predicted octanol–water partition coefficient (Wildman–Crippen LogP) is 5.48. The second-order valence-corrected chi connectivity index (χ2v) is 6.73. The van der Waals surface area contributed by atoms with E-state index in [-0.39, 0.29) is 11.5 Å². The Hall–Kier alpha value is -4.39. The van der Waals surface area contributed by atoms with Gasteiger partial charge in [-0.15, -0.1) is 0 Å². The Morgan fingerprint density at radius 2 is 1.74 bits per heavy atom. The number of ketones is 1. The summed E-state index contributed by atoms with van der Waals surface area (Å²) in [5.41, 5.74) is 2.76. The maximum Gasteiger partial charge on any atom is 0.270 e. The smallest absolute Gasteiger partial charge is 0.270 e. The fourth-order valence-corrected chi connectivity index (χ4v) is 3.09. The Bertz CT molecular complexity index is 1280. The first kappa shape index (κ1) is 19.9. The monoisotopic (exact) mass is 413 g/mol. The van der Waals surface area contributed by atoms with Crippen LogP contribution >= 0.6 is 0 Å². The first-order valence-corrected chi connectivity index (χ1v) is 9.39. The minimum atomic E-state index is -0.467. The summed E-state index contributed by atoms with van der Waals surface area (Å²) in [5, 5.41) is 15.8. The number of carbonyl (C=O) groups is 1. The van der Waals surface area contributed by atoms with Gasteiger partial charge in [-0.25, -0.2) is 9.07 Å². The van der Waals surface area contributed by atoms with Gasteiger partial charge in [0, 0.05) is 35.0 Å². The van der Waals surface area contributed by atoms with Gasteiger partial charge in [-0.1, -0.05) is 30.3 Å². The highest BCUT2D eigenvalue weighted by atomic mass is 19.1. The van der Waals surface area contributed by atoms with Gasteiger partial charge in [-0.3, -0.25) is 14.9 Å². The molecule has 1 aromatic heterocycles. The quantitative estimate of drug-likeness (QED) is 0.181. The van der Waals surface area contributed by atoms with Crippen LogP contribution in [0, 0.1) is 15.9 Å². The molecule has 7 heteroatoms. The molecule has 0 amide bonds. The van der Waals surface area contributed by atoms with Crippen LogP contribution in [0.3, 0.4) is 0 Å². The van der Waals surface area contributed by atoms with Crippen molar-refractivity contribution in [1.82, 2.24) is 9.78 Å². The molecular weight excluding hydrogens is 397 g/mol. The normalized spacial score (nSPS) is 11.0. The highest BCUT2D eigenvalue weighted by molar-refractivity contribution is 6.07. The maximum absolute atomic E-state index is 13.1. The molecule has 0 fully saturated rings. The van der Waals surface area contributed by atoms with Gasteiger partial charge in [0.1, 0.15) is 11.5 Å². The number of nitro benzene ring substituents is 1. The minimum absolute atomic E-state index is 0.0518. The van der Waals surface area contributed by atoms with E-state index in [1.165, 1.54) is 42.5 Å². The van der Waals surface area contributed by atoms with Gasteiger partial charge in [-0.05, 0) is 48.6 Å². The number of allylic oxidation sites excluding steroid dienone is 1. The molecular formula is C24H16FN3O3. The van der Waals surface area contributed by atoms with E-state index in [4.69, 9.17) is 0 Å². The van der Waals surface area contributed by atoms with Crippen molar-refractivity contribution in [1.29, 1.82) is 0 Å². The summed E-state index contributed by atoms with van der Waals surface area (Å²) < 4.78 is 14.8. The number of hydrogen-bond donors (Lipinski definition) is 0. The zero-order chi connectivity index (χ0) is 21.8. The molecule has 0 atom stereocenters. The number of hydrogen-bond acceptors (Lipinski definition) is 4. The summed E-state index contributed by atoms with van der Waals surface area (Å²) in [5.74, 6) is -0.713. The molecule has 0 spiro atoms. The van der Waals surface area contributed by atoms with Gasteiger partial charge in [-0.2, -0.15) is 5.10 Å². The second-order valence-electron chi connectivity index (χ2n) is 6.73. The van der Waals surface area contributed by atoms with Gasteiger partial charge in [0.2, 0.25) is 0 Å². The molecule has 0 saturated carbocycles. The minimum Gasteiger partial charge on any atom is -0.289 e. The largest absolute Gasteiger partial charge is 0.289 e. The van der Waals surface area contributed by atoms with Crippen LogP contribution in [-0.2, 0) is 0 Å². The van der Waals surface area contributed by atoms with Gasteiger partial charge in [0.05, 0.1) is 10.6 Å². The number of aromatic nitrogens is 2. The molecule has 0 aliphatic rings. The van der Waals surface area contributed by atoms with Gasteiger partial charge in [0.25, 0.3) is 5.69 Å². The van der Waals surface area contributed by atoms with Gasteiger partial charge < -0.3 is 0 Å². The molecule has 0 aliphatic heterocycles. The summed E-state index contributed by atoms with van der Waals surface area (Å²) in [7, 11) is 0. The van der Waals surface area contributed by atoms with E-state index in [1.54, 1.807) is 29.1 Å². The third-order valence-electron chi connectivity index (χ3n) is 4.64. The van der Waals surface area contributed by atoms with Crippen LogP contribution in [0.2, 0.25) is 0 Å². The standard InChI is InChI=1S/C24H16FN3O3/c25-20-12-9-17(10-13-20)23(29)14-11-19-16-27(21-6-2-1-3-7-21)26-24(19)18-5-4-8-22(15-18)28(30)31/h1-16H. The van der Waals surface area contributed by atoms with E-state index in [0.717, 1.165) is 5.69 Å². The van der Waals surface area contributed by atoms with Crippen molar-refractivity contribution >= 4 is 17.5 Å².